The summed E-state index contributed by atoms with van der Waals surface area (Å²) in [5, 5.41) is 2.73. The molecule has 1 saturated heterocycles. The number of nitrogens with one attached hydrogen (secondary N) is 1. The van der Waals surface area contributed by atoms with E-state index in [9.17, 15) is 9.59 Å². The third-order valence-corrected chi connectivity index (χ3v) is 6.48. The number of amides is 2. The first kappa shape index (κ1) is 21.3. The maximum atomic E-state index is 13.3. The maximum Gasteiger partial charge on any atom is 0.270 e. The van der Waals surface area contributed by atoms with Gasteiger partial charge in [-0.15, -0.1) is 0 Å². The lowest BCUT2D eigenvalue weighted by atomic mass is 9.95. The Hall–Kier alpha value is -2.93. The fourth-order valence-electron chi connectivity index (χ4n) is 4.63. The first-order valence-electron chi connectivity index (χ1n) is 10.6. The summed E-state index contributed by atoms with van der Waals surface area (Å²) in [6, 6.07) is 9.54. The maximum absolute atomic E-state index is 13.3. The number of carbonyl (C=O) groups is 2. The third kappa shape index (κ3) is 4.02. The van der Waals surface area contributed by atoms with Crippen LogP contribution in [-0.2, 0) is 9.59 Å². The molecule has 0 radical (unpaired) electrons. The summed E-state index contributed by atoms with van der Waals surface area (Å²) >= 11 is 5.29. The fraction of sp³-hybridized carbons (Fsp3) is 0.375. The molecule has 4 rings (SSSR count). The molecule has 0 atom stereocenters. The van der Waals surface area contributed by atoms with E-state index in [1.807, 2.05) is 0 Å². The lowest BCUT2D eigenvalue weighted by molar-refractivity contribution is -0.122. The first-order valence-corrected chi connectivity index (χ1v) is 11.1. The number of benzene rings is 1. The largest absolute Gasteiger partial charge is 0.497 e. The number of thiocarbonyl (C=S) groups is 1. The zero-order valence-electron chi connectivity index (χ0n) is 18.1. The molecule has 162 valence electrons. The number of anilines is 1. The van der Waals surface area contributed by atoms with E-state index in [2.05, 4.69) is 29.8 Å². The zero-order chi connectivity index (χ0) is 22.1. The van der Waals surface area contributed by atoms with Crippen molar-refractivity contribution in [2.24, 2.45) is 0 Å². The standard InChI is InChI=1S/C24H27N3O3S/c1-15-13-17(16(2)26(15)18-7-5-4-6-8-18)14-21-22(28)25-24(31)27(23(21)29)19-9-11-20(30-3)12-10-19/h9-14,18H,4-8H2,1-3H3,(H,25,28,31)/b21-14+. The Kier molecular flexibility index (Phi) is 5.96. The number of carbonyl (C=O) groups excluding carboxylic acids is 2. The Labute approximate surface area is 187 Å². The summed E-state index contributed by atoms with van der Waals surface area (Å²) < 4.78 is 7.55. The highest BCUT2D eigenvalue weighted by molar-refractivity contribution is 7.80. The Morgan fingerprint density at radius 3 is 2.42 bits per heavy atom. The monoisotopic (exact) mass is 437 g/mol. The minimum atomic E-state index is -0.470. The second-order valence-corrected chi connectivity index (χ2v) is 8.53. The Bertz CT molecular complexity index is 1060. The molecule has 2 fully saturated rings. The van der Waals surface area contributed by atoms with Gasteiger partial charge in [0.2, 0.25) is 0 Å². The molecule has 1 N–H and O–H groups in total. The van der Waals surface area contributed by atoms with Crippen molar-refractivity contribution in [3.05, 3.63) is 52.9 Å². The van der Waals surface area contributed by atoms with Crippen LogP contribution in [0.2, 0.25) is 0 Å². The average Bonchev–Trinajstić information content (AvgIpc) is 3.05. The molecule has 2 amide bonds. The molecule has 2 aliphatic rings. The predicted molar refractivity (Wildman–Crippen MR) is 125 cm³/mol. The first-order chi connectivity index (χ1) is 14.9. The van der Waals surface area contributed by atoms with Crippen LogP contribution in [0, 0.1) is 13.8 Å². The van der Waals surface area contributed by atoms with E-state index in [1.165, 1.54) is 37.0 Å². The van der Waals surface area contributed by atoms with Crippen LogP contribution in [0.3, 0.4) is 0 Å². The number of nitrogens with zero attached hydrogens (tertiary/aromatic N) is 2. The van der Waals surface area contributed by atoms with Crippen molar-refractivity contribution in [1.82, 2.24) is 9.88 Å². The summed E-state index contributed by atoms with van der Waals surface area (Å²) in [5.41, 5.74) is 3.79. The van der Waals surface area contributed by atoms with E-state index in [0.717, 1.165) is 17.0 Å². The SMILES string of the molecule is COc1ccc(N2C(=O)/C(=C/c3cc(C)n(C4CCCCC4)c3C)C(=O)NC2=S)cc1. The van der Waals surface area contributed by atoms with E-state index >= 15 is 0 Å². The van der Waals surface area contributed by atoms with Crippen LogP contribution in [0.5, 0.6) is 5.75 Å². The van der Waals surface area contributed by atoms with Gasteiger partial charge in [-0.25, -0.2) is 0 Å². The minimum Gasteiger partial charge on any atom is -0.497 e. The van der Waals surface area contributed by atoms with Gasteiger partial charge in [0.1, 0.15) is 11.3 Å². The van der Waals surface area contributed by atoms with E-state index < -0.39 is 11.8 Å². The van der Waals surface area contributed by atoms with Crippen LogP contribution < -0.4 is 15.0 Å². The van der Waals surface area contributed by atoms with Crippen molar-refractivity contribution in [2.75, 3.05) is 12.0 Å². The van der Waals surface area contributed by atoms with Gasteiger partial charge in [0.25, 0.3) is 11.8 Å². The molecule has 0 unspecified atom stereocenters. The van der Waals surface area contributed by atoms with Gasteiger partial charge in [-0.1, -0.05) is 19.3 Å². The average molecular weight is 438 g/mol. The van der Waals surface area contributed by atoms with Crippen LogP contribution in [0.1, 0.15) is 55.1 Å². The molecule has 1 saturated carbocycles. The third-order valence-electron chi connectivity index (χ3n) is 6.20. The van der Waals surface area contributed by atoms with Crippen LogP contribution in [0.4, 0.5) is 5.69 Å². The summed E-state index contributed by atoms with van der Waals surface area (Å²) in [6.07, 6.45) is 7.82. The topological polar surface area (TPSA) is 63.6 Å². The second kappa shape index (κ2) is 8.67. The van der Waals surface area contributed by atoms with Gasteiger partial charge in [-0.2, -0.15) is 0 Å². The molecule has 6 nitrogen and oxygen atoms in total. The van der Waals surface area contributed by atoms with Crippen molar-refractivity contribution in [1.29, 1.82) is 0 Å². The summed E-state index contributed by atoms with van der Waals surface area (Å²) in [6.45, 7) is 4.15. The molecule has 2 heterocycles. The second-order valence-electron chi connectivity index (χ2n) is 8.14. The number of aryl methyl sites for hydroxylation is 1. The molecule has 1 aromatic heterocycles. The Balaban J connectivity index is 1.68. The Morgan fingerprint density at radius 1 is 1.10 bits per heavy atom. The molecule has 31 heavy (non-hydrogen) atoms. The van der Waals surface area contributed by atoms with Crippen molar-refractivity contribution in [3.63, 3.8) is 0 Å². The highest BCUT2D eigenvalue weighted by Crippen LogP contribution is 2.33. The lowest BCUT2D eigenvalue weighted by Gasteiger charge is -2.29. The number of hydrogen-bond donors (Lipinski definition) is 1. The van der Waals surface area contributed by atoms with Crippen LogP contribution in [0.15, 0.2) is 35.9 Å². The minimum absolute atomic E-state index is 0.0741. The molecular formula is C24H27N3O3S. The number of aromatic nitrogens is 1. The molecule has 7 heteroatoms. The quantitative estimate of drug-likeness (QED) is 0.436. The highest BCUT2D eigenvalue weighted by Gasteiger charge is 2.35. The number of methoxy groups -OCH3 is 1. The highest BCUT2D eigenvalue weighted by atomic mass is 32.1. The van der Waals surface area contributed by atoms with Gasteiger partial charge in [0.05, 0.1) is 12.8 Å². The van der Waals surface area contributed by atoms with Gasteiger partial charge in [0.15, 0.2) is 5.11 Å². The van der Waals surface area contributed by atoms with Crippen molar-refractivity contribution < 1.29 is 14.3 Å². The van der Waals surface area contributed by atoms with Gasteiger partial charge in [-0.05, 0) is 80.9 Å². The number of hydrogen-bond acceptors (Lipinski definition) is 4. The van der Waals surface area contributed by atoms with Crippen LogP contribution >= 0.6 is 12.2 Å². The van der Waals surface area contributed by atoms with Crippen molar-refractivity contribution in [2.45, 2.75) is 52.0 Å². The van der Waals surface area contributed by atoms with Crippen LogP contribution in [0.25, 0.3) is 6.08 Å². The van der Waals surface area contributed by atoms with Crippen molar-refractivity contribution >= 4 is 40.9 Å². The van der Waals surface area contributed by atoms with E-state index in [4.69, 9.17) is 17.0 Å². The normalized spacial score (nSPS) is 19.1. The number of rotatable bonds is 4. The molecule has 1 aliphatic heterocycles. The molecule has 2 aromatic rings. The summed E-state index contributed by atoms with van der Waals surface area (Å²) in [7, 11) is 1.58. The number of ether oxygens (including phenoxy) is 1. The summed E-state index contributed by atoms with van der Waals surface area (Å²) in [4.78, 5) is 27.3. The van der Waals surface area contributed by atoms with Gasteiger partial charge >= 0.3 is 0 Å². The van der Waals surface area contributed by atoms with Crippen molar-refractivity contribution in [3.8, 4) is 5.75 Å². The van der Waals surface area contributed by atoms with E-state index in [-0.39, 0.29) is 10.7 Å². The van der Waals surface area contributed by atoms with Gasteiger partial charge in [0, 0.05) is 17.4 Å². The molecule has 1 aliphatic carbocycles. The Morgan fingerprint density at radius 2 is 1.77 bits per heavy atom. The molecule has 0 spiro atoms. The molecule has 0 bridgehead atoms. The van der Waals surface area contributed by atoms with E-state index in [1.54, 1.807) is 37.5 Å². The smallest absolute Gasteiger partial charge is 0.270 e. The van der Waals surface area contributed by atoms with Crippen LogP contribution in [-0.4, -0.2) is 28.6 Å². The van der Waals surface area contributed by atoms with E-state index in [0.29, 0.717) is 17.5 Å². The summed E-state index contributed by atoms with van der Waals surface area (Å²) in [5.74, 6) is -0.224. The fourth-order valence-corrected chi connectivity index (χ4v) is 4.91. The van der Waals surface area contributed by atoms with Gasteiger partial charge < -0.3 is 9.30 Å². The lowest BCUT2D eigenvalue weighted by Crippen LogP contribution is -2.54. The zero-order valence-corrected chi connectivity index (χ0v) is 18.9. The molecule has 1 aromatic carbocycles. The van der Waals surface area contributed by atoms with Gasteiger partial charge in [-0.3, -0.25) is 19.8 Å². The predicted octanol–water partition coefficient (Wildman–Crippen LogP) is 4.45. The molecular weight excluding hydrogens is 410 g/mol.